The third-order valence-corrected chi connectivity index (χ3v) is 4.80. The first-order valence-electron chi connectivity index (χ1n) is 7.85. The summed E-state index contributed by atoms with van der Waals surface area (Å²) in [7, 11) is -3.70. The summed E-state index contributed by atoms with van der Waals surface area (Å²) < 4.78 is 24.4. The summed E-state index contributed by atoms with van der Waals surface area (Å²) >= 11 is 0. The van der Waals surface area contributed by atoms with E-state index < -0.39 is 10.0 Å². The fourth-order valence-electron chi connectivity index (χ4n) is 2.01. The number of nitrogens with one attached hydrogen (secondary N) is 2. The molecule has 0 saturated carbocycles. The van der Waals surface area contributed by atoms with E-state index in [4.69, 9.17) is 0 Å². The molecule has 2 aromatic carbocycles. The van der Waals surface area contributed by atoms with Crippen LogP contribution in [-0.2, 0) is 14.8 Å². The molecule has 2 aromatic rings. The average molecular weight is 359 g/mol. The summed E-state index contributed by atoms with van der Waals surface area (Å²) in [5.74, 6) is -0.0657. The molecule has 0 aliphatic carbocycles. The van der Waals surface area contributed by atoms with Gasteiger partial charge in [-0.15, -0.1) is 0 Å². The van der Waals surface area contributed by atoms with Gasteiger partial charge in [0, 0.05) is 12.1 Å². The second-order valence-corrected chi connectivity index (χ2v) is 7.24. The number of amides is 1. The number of sulfonamides is 1. The Bertz CT molecular complexity index is 871. The highest BCUT2D eigenvalue weighted by molar-refractivity contribution is 7.89. The average Bonchev–Trinajstić information content (AvgIpc) is 2.60. The third-order valence-electron chi connectivity index (χ3n) is 3.57. The van der Waals surface area contributed by atoms with E-state index in [2.05, 4.69) is 15.2 Å². The molecule has 0 saturated heterocycles. The Morgan fingerprint density at radius 2 is 1.64 bits per heavy atom. The molecule has 0 aromatic heterocycles. The Labute approximate surface area is 148 Å². The molecule has 1 amide bonds. The zero-order valence-electron chi connectivity index (χ0n) is 14.4. The predicted molar refractivity (Wildman–Crippen MR) is 99.1 cm³/mol. The highest BCUT2D eigenvalue weighted by Gasteiger charge is 2.12. The number of aryl methyl sites for hydroxylation is 1. The maximum Gasteiger partial charge on any atom is 0.276 e. The SMILES string of the molecule is CCC(=O)Nc1ccc(C(C)=NNS(=O)(=O)c2ccc(C)cc2)cc1. The van der Waals surface area contributed by atoms with Crippen molar-refractivity contribution in [1.29, 1.82) is 0 Å². The van der Waals surface area contributed by atoms with Crippen LogP contribution in [0.4, 0.5) is 5.69 Å². The summed E-state index contributed by atoms with van der Waals surface area (Å²) in [5, 5.41) is 6.71. The molecule has 0 bridgehead atoms. The van der Waals surface area contributed by atoms with Crippen LogP contribution >= 0.6 is 0 Å². The van der Waals surface area contributed by atoms with Gasteiger partial charge in [-0.05, 0) is 43.7 Å². The summed E-state index contributed by atoms with van der Waals surface area (Å²) in [5.41, 5.74) is 2.93. The first kappa shape index (κ1) is 18.7. The summed E-state index contributed by atoms with van der Waals surface area (Å²) in [4.78, 5) is 13.8. The Morgan fingerprint density at radius 1 is 1.04 bits per heavy atom. The Balaban J connectivity index is 2.10. The molecule has 6 nitrogen and oxygen atoms in total. The van der Waals surface area contributed by atoms with Crippen LogP contribution in [0, 0.1) is 6.92 Å². The third kappa shape index (κ3) is 5.15. The van der Waals surface area contributed by atoms with Crippen LogP contribution in [0.2, 0.25) is 0 Å². The second kappa shape index (κ2) is 7.94. The van der Waals surface area contributed by atoms with Crippen molar-refractivity contribution < 1.29 is 13.2 Å². The highest BCUT2D eigenvalue weighted by Crippen LogP contribution is 2.12. The van der Waals surface area contributed by atoms with Crippen LogP contribution in [0.15, 0.2) is 58.5 Å². The van der Waals surface area contributed by atoms with Gasteiger partial charge in [-0.1, -0.05) is 36.8 Å². The van der Waals surface area contributed by atoms with Crippen molar-refractivity contribution in [1.82, 2.24) is 4.83 Å². The molecule has 2 N–H and O–H groups in total. The zero-order chi connectivity index (χ0) is 18.4. The molecule has 0 radical (unpaired) electrons. The van der Waals surface area contributed by atoms with Crippen LogP contribution in [0.5, 0.6) is 0 Å². The minimum Gasteiger partial charge on any atom is -0.326 e. The zero-order valence-corrected chi connectivity index (χ0v) is 15.2. The van der Waals surface area contributed by atoms with Gasteiger partial charge < -0.3 is 5.32 Å². The van der Waals surface area contributed by atoms with Gasteiger partial charge in [0.25, 0.3) is 10.0 Å². The Morgan fingerprint density at radius 3 is 2.20 bits per heavy atom. The van der Waals surface area contributed by atoms with Gasteiger partial charge in [0.05, 0.1) is 10.6 Å². The lowest BCUT2D eigenvalue weighted by molar-refractivity contribution is -0.115. The molecule has 0 aliphatic rings. The van der Waals surface area contributed by atoms with Crippen molar-refractivity contribution >= 4 is 27.3 Å². The van der Waals surface area contributed by atoms with Crippen molar-refractivity contribution in [3.63, 3.8) is 0 Å². The fourth-order valence-corrected chi connectivity index (χ4v) is 2.86. The van der Waals surface area contributed by atoms with Crippen LogP contribution in [0.1, 0.15) is 31.4 Å². The maximum absolute atomic E-state index is 12.2. The molecule has 2 rings (SSSR count). The smallest absolute Gasteiger partial charge is 0.276 e. The van der Waals surface area contributed by atoms with Gasteiger partial charge in [-0.3, -0.25) is 4.79 Å². The molecule has 7 heteroatoms. The first-order chi connectivity index (χ1) is 11.8. The van der Waals surface area contributed by atoms with E-state index in [1.165, 1.54) is 12.1 Å². The van der Waals surface area contributed by atoms with Crippen molar-refractivity contribution in [3.8, 4) is 0 Å². The number of nitrogens with zero attached hydrogens (tertiary/aromatic N) is 1. The first-order valence-corrected chi connectivity index (χ1v) is 9.33. The quantitative estimate of drug-likeness (QED) is 0.614. The summed E-state index contributed by atoms with van der Waals surface area (Å²) in [6.07, 6.45) is 0.406. The number of carbonyl (C=O) groups is 1. The second-order valence-electron chi connectivity index (χ2n) is 5.58. The lowest BCUT2D eigenvalue weighted by atomic mass is 10.1. The molecule has 0 spiro atoms. The molecule has 132 valence electrons. The van der Waals surface area contributed by atoms with E-state index in [0.29, 0.717) is 17.8 Å². The number of hydrogen-bond donors (Lipinski definition) is 2. The number of hydrazone groups is 1. The van der Waals surface area contributed by atoms with Crippen LogP contribution in [-0.4, -0.2) is 20.0 Å². The molecule has 0 heterocycles. The molecular weight excluding hydrogens is 338 g/mol. The van der Waals surface area contributed by atoms with Gasteiger partial charge in [0.1, 0.15) is 0 Å². The normalized spacial score (nSPS) is 11.9. The monoisotopic (exact) mass is 359 g/mol. The lowest BCUT2D eigenvalue weighted by Crippen LogP contribution is -2.20. The van der Waals surface area contributed by atoms with Gasteiger partial charge in [0.2, 0.25) is 5.91 Å². The molecule has 25 heavy (non-hydrogen) atoms. The van der Waals surface area contributed by atoms with E-state index in [1.807, 2.05) is 6.92 Å². The summed E-state index contributed by atoms with van der Waals surface area (Å²) in [6, 6.07) is 13.6. The minimum atomic E-state index is -3.70. The number of rotatable bonds is 6. The standard InChI is InChI=1S/C18H21N3O3S/c1-4-18(22)19-16-9-7-15(8-10-16)14(3)20-21-25(23,24)17-11-5-13(2)6-12-17/h5-12,21H,4H2,1-3H3,(H,19,22). The van der Waals surface area contributed by atoms with Gasteiger partial charge in [0.15, 0.2) is 0 Å². The minimum absolute atomic E-state index is 0.0657. The number of carbonyl (C=O) groups excluding carboxylic acids is 1. The van der Waals surface area contributed by atoms with Crippen molar-refractivity contribution in [2.75, 3.05) is 5.32 Å². The topological polar surface area (TPSA) is 87.6 Å². The Hall–Kier alpha value is -2.67. The number of benzene rings is 2. The van der Waals surface area contributed by atoms with E-state index >= 15 is 0 Å². The molecule has 0 unspecified atom stereocenters. The van der Waals surface area contributed by atoms with E-state index in [1.54, 1.807) is 50.2 Å². The highest BCUT2D eigenvalue weighted by atomic mass is 32.2. The van der Waals surface area contributed by atoms with Gasteiger partial charge in [-0.25, -0.2) is 0 Å². The molecule has 0 aliphatic heterocycles. The van der Waals surface area contributed by atoms with E-state index in [0.717, 1.165) is 11.1 Å². The predicted octanol–water partition coefficient (Wildman–Crippen LogP) is 3.05. The molecule has 0 fully saturated rings. The maximum atomic E-state index is 12.2. The number of anilines is 1. The van der Waals surface area contributed by atoms with Crippen LogP contribution in [0.3, 0.4) is 0 Å². The van der Waals surface area contributed by atoms with E-state index in [-0.39, 0.29) is 10.8 Å². The molecular formula is C18H21N3O3S. The van der Waals surface area contributed by atoms with Gasteiger partial charge >= 0.3 is 0 Å². The lowest BCUT2D eigenvalue weighted by Gasteiger charge is -2.07. The number of hydrogen-bond acceptors (Lipinski definition) is 4. The molecule has 0 atom stereocenters. The fraction of sp³-hybridized carbons (Fsp3) is 0.222. The largest absolute Gasteiger partial charge is 0.326 e. The van der Waals surface area contributed by atoms with Gasteiger partial charge in [-0.2, -0.15) is 18.4 Å². The van der Waals surface area contributed by atoms with Crippen molar-refractivity contribution in [3.05, 3.63) is 59.7 Å². The van der Waals surface area contributed by atoms with E-state index in [9.17, 15) is 13.2 Å². The Kier molecular flexibility index (Phi) is 5.93. The van der Waals surface area contributed by atoms with Crippen LogP contribution in [0.25, 0.3) is 0 Å². The van der Waals surface area contributed by atoms with Crippen LogP contribution < -0.4 is 10.1 Å². The van der Waals surface area contributed by atoms with Crippen molar-refractivity contribution in [2.45, 2.75) is 32.1 Å². The van der Waals surface area contributed by atoms with Crippen molar-refractivity contribution in [2.24, 2.45) is 5.10 Å². The summed E-state index contributed by atoms with van der Waals surface area (Å²) in [6.45, 7) is 5.37.